The summed E-state index contributed by atoms with van der Waals surface area (Å²) in [5.41, 5.74) is 6.25. The van der Waals surface area contributed by atoms with Crippen LogP contribution in [0.1, 0.15) is 37.8 Å². The van der Waals surface area contributed by atoms with Crippen molar-refractivity contribution in [2.45, 2.75) is 38.1 Å². The number of pyridine rings is 1. The summed E-state index contributed by atoms with van der Waals surface area (Å²) in [7, 11) is 0. The molecule has 1 saturated carbocycles. The van der Waals surface area contributed by atoms with Crippen molar-refractivity contribution in [1.29, 1.82) is 0 Å². The third-order valence-electron chi connectivity index (χ3n) is 2.96. The second-order valence-corrected chi connectivity index (χ2v) is 4.69. The van der Waals surface area contributed by atoms with Crippen molar-refractivity contribution in [2.24, 2.45) is 5.73 Å². The van der Waals surface area contributed by atoms with Crippen LogP contribution in [0, 0.1) is 0 Å². The highest BCUT2D eigenvalue weighted by molar-refractivity contribution is 7.80. The molecule has 3 nitrogen and oxygen atoms in total. The number of thiocarbonyl (C=S) groups is 1. The standard InChI is InChI=1S/C12H17N3S/c13-12(16)10-7-4-8-11(15-10)14-9-5-2-1-3-6-9/h4,7-9H,1-3,5-6H2,(H2,13,16)(H,14,15). The number of nitrogens with zero attached hydrogens (tertiary/aromatic N) is 1. The van der Waals surface area contributed by atoms with Crippen molar-refractivity contribution in [3.63, 3.8) is 0 Å². The molecule has 0 aromatic carbocycles. The fraction of sp³-hybridized carbons (Fsp3) is 0.500. The summed E-state index contributed by atoms with van der Waals surface area (Å²) < 4.78 is 0. The summed E-state index contributed by atoms with van der Waals surface area (Å²) in [5.74, 6) is 0.886. The Morgan fingerprint density at radius 1 is 1.31 bits per heavy atom. The van der Waals surface area contributed by atoms with Gasteiger partial charge in [-0.1, -0.05) is 37.5 Å². The molecule has 0 bridgehead atoms. The van der Waals surface area contributed by atoms with E-state index >= 15 is 0 Å². The highest BCUT2D eigenvalue weighted by Gasteiger charge is 2.13. The van der Waals surface area contributed by atoms with Gasteiger partial charge in [0.05, 0.1) is 5.69 Å². The molecule has 0 aliphatic heterocycles. The third-order valence-corrected chi connectivity index (χ3v) is 3.17. The minimum Gasteiger partial charge on any atom is -0.388 e. The molecule has 3 N–H and O–H groups in total. The number of rotatable bonds is 3. The Balaban J connectivity index is 2.02. The van der Waals surface area contributed by atoms with E-state index in [0.29, 0.717) is 16.7 Å². The average Bonchev–Trinajstić information content (AvgIpc) is 2.30. The first-order chi connectivity index (χ1) is 7.75. The van der Waals surface area contributed by atoms with E-state index in [2.05, 4.69) is 10.3 Å². The van der Waals surface area contributed by atoms with Gasteiger partial charge in [0.15, 0.2) is 0 Å². The summed E-state index contributed by atoms with van der Waals surface area (Å²) in [4.78, 5) is 4.74. The third kappa shape index (κ3) is 2.92. The summed E-state index contributed by atoms with van der Waals surface area (Å²) in [6.07, 6.45) is 6.45. The van der Waals surface area contributed by atoms with Gasteiger partial charge in [0.25, 0.3) is 0 Å². The van der Waals surface area contributed by atoms with Crippen LogP contribution in [0.25, 0.3) is 0 Å². The highest BCUT2D eigenvalue weighted by Crippen LogP contribution is 2.20. The molecule has 1 heterocycles. The molecule has 1 aromatic heterocycles. The molecular weight excluding hydrogens is 218 g/mol. The molecule has 0 amide bonds. The van der Waals surface area contributed by atoms with E-state index in [9.17, 15) is 0 Å². The zero-order chi connectivity index (χ0) is 11.4. The number of nitrogens with one attached hydrogen (secondary N) is 1. The normalized spacial score (nSPS) is 17.0. The second-order valence-electron chi connectivity index (χ2n) is 4.25. The molecule has 1 aliphatic rings. The van der Waals surface area contributed by atoms with Gasteiger partial charge < -0.3 is 11.1 Å². The Bertz CT molecular complexity index is 372. The van der Waals surface area contributed by atoms with Gasteiger partial charge in [-0.05, 0) is 25.0 Å². The lowest BCUT2D eigenvalue weighted by atomic mass is 9.95. The first-order valence-corrected chi connectivity index (χ1v) is 6.20. The Morgan fingerprint density at radius 3 is 2.75 bits per heavy atom. The molecule has 4 heteroatoms. The van der Waals surface area contributed by atoms with E-state index in [1.165, 1.54) is 32.1 Å². The molecule has 1 aliphatic carbocycles. The van der Waals surface area contributed by atoms with Gasteiger partial charge in [0.2, 0.25) is 0 Å². The molecule has 0 unspecified atom stereocenters. The fourth-order valence-corrected chi connectivity index (χ4v) is 2.22. The van der Waals surface area contributed by atoms with Gasteiger partial charge in [0.1, 0.15) is 10.8 Å². The van der Waals surface area contributed by atoms with Crippen LogP contribution in [0.2, 0.25) is 0 Å². The van der Waals surface area contributed by atoms with E-state index in [1.807, 2.05) is 18.2 Å². The van der Waals surface area contributed by atoms with Crippen LogP contribution >= 0.6 is 12.2 Å². The topological polar surface area (TPSA) is 50.9 Å². The average molecular weight is 235 g/mol. The van der Waals surface area contributed by atoms with Crippen molar-refractivity contribution in [3.8, 4) is 0 Å². The van der Waals surface area contributed by atoms with Gasteiger partial charge in [-0.2, -0.15) is 0 Å². The number of hydrogen-bond donors (Lipinski definition) is 2. The van der Waals surface area contributed by atoms with Crippen LogP contribution in [0.4, 0.5) is 5.82 Å². The predicted molar refractivity (Wildman–Crippen MR) is 70.6 cm³/mol. The molecule has 1 fully saturated rings. The molecule has 0 atom stereocenters. The molecule has 2 rings (SSSR count). The van der Waals surface area contributed by atoms with E-state index in [4.69, 9.17) is 18.0 Å². The zero-order valence-corrected chi connectivity index (χ0v) is 10.1. The Labute approximate surface area is 101 Å². The second kappa shape index (κ2) is 5.25. The summed E-state index contributed by atoms with van der Waals surface area (Å²) in [6.45, 7) is 0. The monoisotopic (exact) mass is 235 g/mol. The van der Waals surface area contributed by atoms with Gasteiger partial charge in [-0.15, -0.1) is 0 Å². The molecule has 0 saturated heterocycles. The lowest BCUT2D eigenvalue weighted by Gasteiger charge is -2.23. The number of anilines is 1. The minimum atomic E-state index is 0.354. The van der Waals surface area contributed by atoms with Crippen LogP contribution in [0.15, 0.2) is 18.2 Å². The number of nitrogens with two attached hydrogens (primary N) is 1. The predicted octanol–water partition coefficient (Wildman–Crippen LogP) is 2.46. The molecule has 16 heavy (non-hydrogen) atoms. The lowest BCUT2D eigenvalue weighted by Crippen LogP contribution is -2.23. The van der Waals surface area contributed by atoms with Crippen molar-refractivity contribution in [2.75, 3.05) is 5.32 Å². The van der Waals surface area contributed by atoms with Crippen molar-refractivity contribution < 1.29 is 0 Å². The van der Waals surface area contributed by atoms with E-state index in [-0.39, 0.29) is 0 Å². The molecular formula is C12H17N3S. The maximum absolute atomic E-state index is 5.56. The fourth-order valence-electron chi connectivity index (χ4n) is 2.11. The molecule has 0 radical (unpaired) electrons. The zero-order valence-electron chi connectivity index (χ0n) is 9.28. The largest absolute Gasteiger partial charge is 0.388 e. The minimum absolute atomic E-state index is 0.354. The summed E-state index contributed by atoms with van der Waals surface area (Å²) in [5, 5.41) is 3.45. The van der Waals surface area contributed by atoms with Gasteiger partial charge in [0, 0.05) is 6.04 Å². The van der Waals surface area contributed by atoms with Crippen LogP contribution in [-0.4, -0.2) is 16.0 Å². The van der Waals surface area contributed by atoms with E-state index < -0.39 is 0 Å². The van der Waals surface area contributed by atoms with Crippen LogP contribution in [-0.2, 0) is 0 Å². The Morgan fingerprint density at radius 2 is 2.06 bits per heavy atom. The van der Waals surface area contributed by atoms with Crippen molar-refractivity contribution in [3.05, 3.63) is 23.9 Å². The maximum atomic E-state index is 5.56. The van der Waals surface area contributed by atoms with Gasteiger partial charge in [-0.3, -0.25) is 0 Å². The Hall–Kier alpha value is -1.16. The summed E-state index contributed by atoms with van der Waals surface area (Å²) in [6, 6.07) is 6.31. The van der Waals surface area contributed by atoms with Crippen LogP contribution < -0.4 is 11.1 Å². The first kappa shape index (κ1) is 11.3. The summed E-state index contributed by atoms with van der Waals surface area (Å²) >= 11 is 4.91. The highest BCUT2D eigenvalue weighted by atomic mass is 32.1. The lowest BCUT2D eigenvalue weighted by molar-refractivity contribution is 0.462. The maximum Gasteiger partial charge on any atom is 0.126 e. The smallest absolute Gasteiger partial charge is 0.126 e. The van der Waals surface area contributed by atoms with E-state index in [0.717, 1.165) is 5.82 Å². The van der Waals surface area contributed by atoms with Crippen molar-refractivity contribution in [1.82, 2.24) is 4.98 Å². The quantitative estimate of drug-likeness (QED) is 0.790. The molecule has 86 valence electrons. The van der Waals surface area contributed by atoms with E-state index in [1.54, 1.807) is 0 Å². The van der Waals surface area contributed by atoms with Gasteiger partial charge >= 0.3 is 0 Å². The number of aromatic nitrogens is 1. The molecule has 0 spiro atoms. The number of hydrogen-bond acceptors (Lipinski definition) is 3. The Kier molecular flexibility index (Phi) is 3.72. The van der Waals surface area contributed by atoms with Crippen molar-refractivity contribution >= 4 is 23.0 Å². The van der Waals surface area contributed by atoms with Crippen LogP contribution in [0.5, 0.6) is 0 Å². The van der Waals surface area contributed by atoms with Crippen LogP contribution in [0.3, 0.4) is 0 Å². The molecule has 1 aromatic rings. The van der Waals surface area contributed by atoms with Gasteiger partial charge in [-0.25, -0.2) is 4.98 Å². The first-order valence-electron chi connectivity index (χ1n) is 5.79. The SMILES string of the molecule is NC(=S)c1cccc(NC2CCCCC2)n1.